The van der Waals surface area contributed by atoms with Gasteiger partial charge >= 0.3 is 0 Å². The van der Waals surface area contributed by atoms with E-state index >= 15 is 0 Å². The molecule has 0 atom stereocenters. The molecular weight excluding hydrogens is 433 g/mol. The Bertz CT molecular complexity index is 666. The molecule has 144 valence electrons. The van der Waals surface area contributed by atoms with Crippen molar-refractivity contribution in [3.8, 4) is 0 Å². The van der Waals surface area contributed by atoms with Gasteiger partial charge in [0.15, 0.2) is 0 Å². The minimum absolute atomic E-state index is 0.298. The van der Waals surface area contributed by atoms with Crippen LogP contribution < -0.4 is 0 Å². The molecule has 4 heteroatoms. The van der Waals surface area contributed by atoms with Crippen molar-refractivity contribution in [3.05, 3.63) is 35.2 Å². The maximum absolute atomic E-state index is 8.38. The summed E-state index contributed by atoms with van der Waals surface area (Å²) in [7, 11) is 2.10. The van der Waals surface area contributed by atoms with E-state index < -0.39 is 0 Å². The summed E-state index contributed by atoms with van der Waals surface area (Å²) in [5, 5.41) is 8.38. The van der Waals surface area contributed by atoms with Crippen LogP contribution in [-0.4, -0.2) is 28.8 Å². The Balaban J connectivity index is 1.91. The normalized spacial score (nSPS) is 20.7. The first kappa shape index (κ1) is 21.4. The van der Waals surface area contributed by atoms with Crippen LogP contribution in [0.1, 0.15) is 70.3 Å². The van der Waals surface area contributed by atoms with Gasteiger partial charge in [0.2, 0.25) is 0 Å². The van der Waals surface area contributed by atoms with Crippen molar-refractivity contribution < 1.29 is 0 Å². The molecule has 1 aromatic heterocycles. The minimum Gasteiger partial charge on any atom is -0.361 e. The molecule has 0 spiro atoms. The molecule has 1 aliphatic carbocycles. The average Bonchev–Trinajstić information content (AvgIpc) is 2.53. The third kappa shape index (κ3) is 5.80. The zero-order valence-corrected chi connectivity index (χ0v) is 19.4. The van der Waals surface area contributed by atoms with E-state index in [1.165, 1.54) is 27.7 Å². The number of nitrogens with one attached hydrogen (secondary N) is 1. The molecule has 1 aliphatic rings. The van der Waals surface area contributed by atoms with Crippen LogP contribution in [0.25, 0.3) is 3.58 Å². The monoisotopic (exact) mass is 467 g/mol. The number of aromatic nitrogens is 1. The highest BCUT2D eigenvalue weighted by Crippen LogP contribution is 2.36. The Hall–Kier alpha value is -0.910. The predicted octanol–water partition coefficient (Wildman–Crippen LogP) is 6.24. The molecule has 26 heavy (non-hydrogen) atoms. The smallest absolute Gasteiger partial charge is 0.0957 e. The lowest BCUT2D eigenvalue weighted by Gasteiger charge is -2.42. The first-order valence-corrected chi connectivity index (χ1v) is 10.8. The lowest BCUT2D eigenvalue weighted by molar-refractivity contribution is 0.151. The lowest BCUT2D eigenvalue weighted by Crippen LogP contribution is -2.46. The number of amidine groups is 1. The average molecular weight is 467 g/mol. The molecule has 0 aliphatic heterocycles. The summed E-state index contributed by atoms with van der Waals surface area (Å²) in [6, 6.07) is 4.85. The standard InChI is InChI=1S/C22H34IN3/c1-7-19(23)18-9-8-15(2)25-20(18)14-16-12-17(13-16)26(6)21(24)10-11-22(3,4)5/h7-9,16-17,24H,10-14H2,1-6H3/b19-7+,24-21?. The number of hydrogen-bond donors (Lipinski definition) is 1. The van der Waals surface area contributed by atoms with Gasteiger partial charge in [-0.25, -0.2) is 0 Å². The Labute approximate surface area is 173 Å². The Morgan fingerprint density at radius 1 is 1.35 bits per heavy atom. The molecule has 1 saturated carbocycles. The van der Waals surface area contributed by atoms with Gasteiger partial charge in [-0.3, -0.25) is 10.4 Å². The van der Waals surface area contributed by atoms with E-state index in [-0.39, 0.29) is 0 Å². The van der Waals surface area contributed by atoms with Gasteiger partial charge in [0.1, 0.15) is 0 Å². The molecule has 0 bridgehead atoms. The SMILES string of the molecule is C/C=C(/I)c1ccc(C)nc1CC1CC(N(C)C(=N)CCC(C)(C)C)C1. The van der Waals surface area contributed by atoms with E-state index in [1.807, 2.05) is 0 Å². The summed E-state index contributed by atoms with van der Waals surface area (Å²) in [4.78, 5) is 7.03. The first-order chi connectivity index (χ1) is 12.1. The van der Waals surface area contributed by atoms with E-state index in [9.17, 15) is 0 Å². The largest absolute Gasteiger partial charge is 0.361 e. The highest BCUT2D eigenvalue weighted by molar-refractivity contribution is 14.1. The van der Waals surface area contributed by atoms with Crippen LogP contribution in [0.2, 0.25) is 0 Å². The van der Waals surface area contributed by atoms with Gasteiger partial charge in [0, 0.05) is 40.0 Å². The Morgan fingerprint density at radius 2 is 2.00 bits per heavy atom. The molecule has 1 aromatic rings. The van der Waals surface area contributed by atoms with Gasteiger partial charge < -0.3 is 4.90 Å². The molecule has 0 saturated heterocycles. The quantitative estimate of drug-likeness (QED) is 0.306. The van der Waals surface area contributed by atoms with Gasteiger partial charge in [-0.2, -0.15) is 0 Å². The molecule has 0 radical (unpaired) electrons. The van der Waals surface area contributed by atoms with Gasteiger partial charge in [-0.15, -0.1) is 0 Å². The third-order valence-electron chi connectivity index (χ3n) is 5.40. The van der Waals surface area contributed by atoms with Crippen molar-refractivity contribution in [3.63, 3.8) is 0 Å². The number of pyridine rings is 1. The highest BCUT2D eigenvalue weighted by Gasteiger charge is 2.34. The van der Waals surface area contributed by atoms with Crippen LogP contribution >= 0.6 is 22.6 Å². The summed E-state index contributed by atoms with van der Waals surface area (Å²) in [6.45, 7) is 10.9. The maximum Gasteiger partial charge on any atom is 0.0957 e. The summed E-state index contributed by atoms with van der Waals surface area (Å²) < 4.78 is 1.28. The molecule has 0 aromatic carbocycles. The van der Waals surface area contributed by atoms with Crippen LogP contribution in [-0.2, 0) is 6.42 Å². The third-order valence-corrected chi connectivity index (χ3v) is 6.61. The van der Waals surface area contributed by atoms with Crippen molar-refractivity contribution in [2.45, 2.75) is 72.8 Å². The number of halogens is 1. The zero-order valence-electron chi connectivity index (χ0n) is 17.2. The summed E-state index contributed by atoms with van der Waals surface area (Å²) >= 11 is 2.41. The molecule has 1 fully saturated rings. The van der Waals surface area contributed by atoms with Gasteiger partial charge in [0.05, 0.1) is 5.84 Å². The molecule has 1 N–H and O–H groups in total. The fourth-order valence-electron chi connectivity index (χ4n) is 3.49. The van der Waals surface area contributed by atoms with E-state index in [0.29, 0.717) is 17.4 Å². The fraction of sp³-hybridized carbons (Fsp3) is 0.636. The highest BCUT2D eigenvalue weighted by atomic mass is 127. The minimum atomic E-state index is 0.298. The van der Waals surface area contributed by atoms with E-state index in [0.717, 1.165) is 30.8 Å². The van der Waals surface area contributed by atoms with Crippen molar-refractivity contribution in [2.75, 3.05) is 7.05 Å². The van der Waals surface area contributed by atoms with E-state index in [1.54, 1.807) is 0 Å². The van der Waals surface area contributed by atoms with Crippen LogP contribution in [0.5, 0.6) is 0 Å². The lowest BCUT2D eigenvalue weighted by atomic mass is 9.76. The zero-order chi connectivity index (χ0) is 19.5. The predicted molar refractivity (Wildman–Crippen MR) is 121 cm³/mol. The summed E-state index contributed by atoms with van der Waals surface area (Å²) in [5.41, 5.74) is 3.92. The Kier molecular flexibility index (Phi) is 7.28. The second-order valence-corrected chi connectivity index (χ2v) is 10.1. The van der Waals surface area contributed by atoms with E-state index in [2.05, 4.69) is 87.4 Å². The molecule has 0 amide bonds. The second-order valence-electron chi connectivity index (χ2n) is 8.90. The topological polar surface area (TPSA) is 40.0 Å². The Morgan fingerprint density at radius 3 is 2.58 bits per heavy atom. The fourth-order valence-corrected chi connectivity index (χ4v) is 3.98. The number of allylic oxidation sites excluding steroid dienone is 1. The van der Waals surface area contributed by atoms with Crippen molar-refractivity contribution in [2.24, 2.45) is 11.3 Å². The number of nitrogens with zero attached hydrogens (tertiary/aromatic N) is 2. The van der Waals surface area contributed by atoms with E-state index in [4.69, 9.17) is 10.4 Å². The molecular formula is C22H34IN3. The molecule has 1 heterocycles. The summed E-state index contributed by atoms with van der Waals surface area (Å²) in [6.07, 6.45) is 7.52. The second kappa shape index (κ2) is 8.85. The van der Waals surface area contributed by atoms with Crippen LogP contribution in [0.15, 0.2) is 18.2 Å². The van der Waals surface area contributed by atoms with Crippen LogP contribution in [0.4, 0.5) is 0 Å². The van der Waals surface area contributed by atoms with Crippen molar-refractivity contribution in [1.82, 2.24) is 9.88 Å². The molecule has 0 unspecified atom stereocenters. The van der Waals surface area contributed by atoms with Crippen molar-refractivity contribution >= 4 is 32.0 Å². The summed E-state index contributed by atoms with van der Waals surface area (Å²) in [5.74, 6) is 1.48. The number of aryl methyl sites for hydroxylation is 1. The van der Waals surface area contributed by atoms with Gasteiger partial charge in [-0.05, 0) is 79.5 Å². The number of hydrogen-bond acceptors (Lipinski definition) is 2. The van der Waals surface area contributed by atoms with Gasteiger partial charge in [-0.1, -0.05) is 32.9 Å². The first-order valence-electron chi connectivity index (χ1n) is 9.69. The van der Waals surface area contributed by atoms with Gasteiger partial charge in [0.25, 0.3) is 0 Å². The molecule has 2 rings (SSSR count). The number of rotatable bonds is 6. The molecule has 3 nitrogen and oxygen atoms in total. The van der Waals surface area contributed by atoms with Crippen LogP contribution in [0.3, 0.4) is 0 Å². The van der Waals surface area contributed by atoms with Crippen LogP contribution in [0, 0.1) is 23.7 Å². The maximum atomic E-state index is 8.38. The van der Waals surface area contributed by atoms with Crippen molar-refractivity contribution in [1.29, 1.82) is 5.41 Å².